The minimum atomic E-state index is -0.530. The zero-order valence-corrected chi connectivity index (χ0v) is 10.9. The molecule has 0 heterocycles. The molecule has 0 radical (unpaired) electrons. The summed E-state index contributed by atoms with van der Waals surface area (Å²) in [5, 5.41) is 9.82. The maximum absolute atomic E-state index is 9.34. The molecular weight excluding hydrogens is 276 g/mol. The Morgan fingerprint density at radius 2 is 1.62 bits per heavy atom. The molecule has 1 aromatic carbocycles. The first-order valence-electron chi connectivity index (χ1n) is 4.79. The second-order valence-corrected chi connectivity index (χ2v) is 3.81. The van der Waals surface area contributed by atoms with Gasteiger partial charge in [0.15, 0.2) is 0 Å². The van der Waals surface area contributed by atoms with Gasteiger partial charge in [-0.05, 0) is 0 Å². The quantitative estimate of drug-likeness (QED) is 0.812. The predicted molar refractivity (Wildman–Crippen MR) is 64.8 cm³/mol. The minimum Gasteiger partial charge on any atom is -0.496 e. The molecule has 5 heteroatoms. The molecular formula is C11H15BrO4. The SMILES string of the molecule is COc1cc(OC)cc(OCC(O)CBr)c1. The third-order valence-corrected chi connectivity index (χ3v) is 2.69. The third-order valence-electron chi connectivity index (χ3n) is 1.95. The molecule has 0 bridgehead atoms. The molecule has 1 rings (SSSR count). The van der Waals surface area contributed by atoms with Crippen LogP contribution in [0.2, 0.25) is 0 Å². The summed E-state index contributed by atoms with van der Waals surface area (Å²) in [4.78, 5) is 0. The predicted octanol–water partition coefficient (Wildman–Crippen LogP) is 1.84. The van der Waals surface area contributed by atoms with Crippen LogP contribution in [0, 0.1) is 0 Å². The molecule has 0 spiro atoms. The Hall–Kier alpha value is -0.940. The lowest BCUT2D eigenvalue weighted by Gasteiger charge is -2.12. The van der Waals surface area contributed by atoms with Gasteiger partial charge in [0.1, 0.15) is 23.9 Å². The van der Waals surface area contributed by atoms with Crippen LogP contribution in [-0.4, -0.2) is 37.4 Å². The van der Waals surface area contributed by atoms with Gasteiger partial charge in [-0.3, -0.25) is 0 Å². The number of alkyl halides is 1. The first kappa shape index (κ1) is 13.1. The molecule has 0 aliphatic carbocycles. The van der Waals surface area contributed by atoms with E-state index in [0.717, 1.165) is 0 Å². The smallest absolute Gasteiger partial charge is 0.126 e. The molecule has 0 amide bonds. The van der Waals surface area contributed by atoms with Gasteiger partial charge in [0.25, 0.3) is 0 Å². The molecule has 0 saturated carbocycles. The summed E-state index contributed by atoms with van der Waals surface area (Å²) in [6.45, 7) is 0.224. The van der Waals surface area contributed by atoms with Crippen LogP contribution in [-0.2, 0) is 0 Å². The lowest BCUT2D eigenvalue weighted by atomic mass is 10.3. The van der Waals surface area contributed by atoms with Crippen LogP contribution in [0.3, 0.4) is 0 Å². The van der Waals surface area contributed by atoms with Gasteiger partial charge < -0.3 is 19.3 Å². The van der Waals surface area contributed by atoms with E-state index in [4.69, 9.17) is 14.2 Å². The Labute approximate surface area is 103 Å². The molecule has 16 heavy (non-hydrogen) atoms. The zero-order chi connectivity index (χ0) is 12.0. The molecule has 0 aliphatic heterocycles. The Morgan fingerprint density at radius 1 is 1.12 bits per heavy atom. The number of rotatable bonds is 6. The summed E-state index contributed by atoms with van der Waals surface area (Å²) in [7, 11) is 3.15. The highest BCUT2D eigenvalue weighted by molar-refractivity contribution is 9.09. The van der Waals surface area contributed by atoms with Gasteiger partial charge in [0.2, 0.25) is 0 Å². The van der Waals surface area contributed by atoms with E-state index < -0.39 is 6.10 Å². The summed E-state index contributed by atoms with van der Waals surface area (Å²) < 4.78 is 15.6. The second kappa shape index (κ2) is 6.60. The largest absolute Gasteiger partial charge is 0.496 e. The minimum absolute atomic E-state index is 0.224. The van der Waals surface area contributed by atoms with Crippen molar-refractivity contribution in [3.8, 4) is 17.2 Å². The normalized spacial score (nSPS) is 12.0. The van der Waals surface area contributed by atoms with Crippen molar-refractivity contribution in [2.45, 2.75) is 6.10 Å². The number of benzene rings is 1. The maximum atomic E-state index is 9.34. The van der Waals surface area contributed by atoms with Crippen molar-refractivity contribution >= 4 is 15.9 Å². The highest BCUT2D eigenvalue weighted by Crippen LogP contribution is 2.27. The van der Waals surface area contributed by atoms with Crippen molar-refractivity contribution in [2.24, 2.45) is 0 Å². The van der Waals surface area contributed by atoms with E-state index in [2.05, 4.69) is 15.9 Å². The third kappa shape index (κ3) is 3.90. The van der Waals surface area contributed by atoms with Gasteiger partial charge in [-0.1, -0.05) is 15.9 Å². The summed E-state index contributed by atoms with van der Waals surface area (Å²) >= 11 is 3.17. The lowest BCUT2D eigenvalue weighted by Crippen LogP contribution is -2.18. The highest BCUT2D eigenvalue weighted by atomic mass is 79.9. The van der Waals surface area contributed by atoms with E-state index in [0.29, 0.717) is 22.6 Å². The van der Waals surface area contributed by atoms with Crippen molar-refractivity contribution in [2.75, 3.05) is 26.2 Å². The first-order valence-corrected chi connectivity index (χ1v) is 5.91. The van der Waals surface area contributed by atoms with E-state index in [9.17, 15) is 5.11 Å². The fourth-order valence-corrected chi connectivity index (χ4v) is 1.29. The standard InChI is InChI=1S/C11H15BrO4/c1-14-9-3-10(15-2)5-11(4-9)16-7-8(13)6-12/h3-5,8,13H,6-7H2,1-2H3. The van der Waals surface area contributed by atoms with Gasteiger partial charge in [0.05, 0.1) is 20.3 Å². The van der Waals surface area contributed by atoms with Crippen LogP contribution in [0.15, 0.2) is 18.2 Å². The van der Waals surface area contributed by atoms with Gasteiger partial charge in [-0.2, -0.15) is 0 Å². The van der Waals surface area contributed by atoms with Gasteiger partial charge >= 0.3 is 0 Å². The average molecular weight is 291 g/mol. The topological polar surface area (TPSA) is 47.9 Å². The molecule has 90 valence electrons. The number of aliphatic hydroxyl groups excluding tert-OH is 1. The second-order valence-electron chi connectivity index (χ2n) is 3.17. The fourth-order valence-electron chi connectivity index (χ4n) is 1.10. The molecule has 1 N–H and O–H groups in total. The molecule has 0 saturated heterocycles. The van der Waals surface area contributed by atoms with Crippen molar-refractivity contribution < 1.29 is 19.3 Å². The molecule has 1 aromatic rings. The van der Waals surface area contributed by atoms with Crippen LogP contribution >= 0.6 is 15.9 Å². The van der Waals surface area contributed by atoms with E-state index in [-0.39, 0.29) is 6.61 Å². The number of hydrogen-bond acceptors (Lipinski definition) is 4. The zero-order valence-electron chi connectivity index (χ0n) is 9.27. The maximum Gasteiger partial charge on any atom is 0.126 e. The van der Waals surface area contributed by atoms with Gasteiger partial charge in [-0.15, -0.1) is 0 Å². The number of halogens is 1. The van der Waals surface area contributed by atoms with Crippen LogP contribution in [0.5, 0.6) is 17.2 Å². The molecule has 1 unspecified atom stereocenters. The van der Waals surface area contributed by atoms with Crippen LogP contribution in [0.25, 0.3) is 0 Å². The summed E-state index contributed by atoms with van der Waals surface area (Å²) in [5.41, 5.74) is 0. The van der Waals surface area contributed by atoms with Crippen molar-refractivity contribution in [1.82, 2.24) is 0 Å². The number of aliphatic hydroxyl groups is 1. The molecule has 0 aliphatic rings. The monoisotopic (exact) mass is 290 g/mol. The Balaban J connectivity index is 2.71. The summed E-state index contributed by atoms with van der Waals surface area (Å²) in [6, 6.07) is 5.24. The van der Waals surface area contributed by atoms with Crippen molar-refractivity contribution in [3.05, 3.63) is 18.2 Å². The molecule has 1 atom stereocenters. The summed E-state index contributed by atoms with van der Waals surface area (Å²) in [5.74, 6) is 1.92. The van der Waals surface area contributed by atoms with Crippen molar-refractivity contribution in [3.63, 3.8) is 0 Å². The van der Waals surface area contributed by atoms with Crippen LogP contribution in [0.4, 0.5) is 0 Å². The van der Waals surface area contributed by atoms with Gasteiger partial charge in [0, 0.05) is 23.5 Å². The molecule has 0 aromatic heterocycles. The number of hydrogen-bond donors (Lipinski definition) is 1. The fraction of sp³-hybridized carbons (Fsp3) is 0.455. The number of ether oxygens (including phenoxy) is 3. The van der Waals surface area contributed by atoms with E-state index in [1.54, 1.807) is 32.4 Å². The average Bonchev–Trinajstić information content (AvgIpc) is 2.35. The lowest BCUT2D eigenvalue weighted by molar-refractivity contribution is 0.127. The summed E-state index contributed by atoms with van der Waals surface area (Å²) in [6.07, 6.45) is -0.530. The molecule has 4 nitrogen and oxygen atoms in total. The van der Waals surface area contributed by atoms with Crippen LogP contribution < -0.4 is 14.2 Å². The van der Waals surface area contributed by atoms with Crippen molar-refractivity contribution in [1.29, 1.82) is 0 Å². The van der Waals surface area contributed by atoms with Gasteiger partial charge in [-0.25, -0.2) is 0 Å². The van der Waals surface area contributed by atoms with Crippen LogP contribution in [0.1, 0.15) is 0 Å². The van der Waals surface area contributed by atoms with E-state index in [1.165, 1.54) is 0 Å². The Bertz CT molecular complexity index is 308. The van der Waals surface area contributed by atoms with E-state index >= 15 is 0 Å². The Morgan fingerprint density at radius 3 is 2.06 bits per heavy atom. The first-order chi connectivity index (χ1) is 7.69. The molecule has 0 fully saturated rings. The highest BCUT2D eigenvalue weighted by Gasteiger charge is 2.06. The Kier molecular flexibility index (Phi) is 5.42. The van der Waals surface area contributed by atoms with E-state index in [1.807, 2.05) is 0 Å². The number of methoxy groups -OCH3 is 2.